The van der Waals surface area contributed by atoms with Crippen LogP contribution in [-0.4, -0.2) is 52.0 Å². The summed E-state index contributed by atoms with van der Waals surface area (Å²) in [6, 6.07) is 1.97. The molecular formula is C12H16N4O2S. The van der Waals surface area contributed by atoms with Crippen molar-refractivity contribution >= 4 is 33.3 Å². The number of aromatic nitrogens is 2. The summed E-state index contributed by atoms with van der Waals surface area (Å²) in [5.41, 5.74) is 0. The Kier molecular flexibility index (Phi) is 3.26. The molecule has 3 heterocycles. The van der Waals surface area contributed by atoms with Gasteiger partial charge in [0.25, 0.3) is 0 Å². The van der Waals surface area contributed by atoms with Crippen molar-refractivity contribution in [3.63, 3.8) is 0 Å². The van der Waals surface area contributed by atoms with E-state index in [1.807, 2.05) is 23.3 Å². The maximum absolute atomic E-state index is 9.68. The van der Waals surface area contributed by atoms with Gasteiger partial charge >= 0.3 is 0 Å². The molecule has 0 radical (unpaired) electrons. The van der Waals surface area contributed by atoms with Crippen LogP contribution in [0.15, 0.2) is 11.4 Å². The van der Waals surface area contributed by atoms with Crippen molar-refractivity contribution in [1.82, 2.24) is 9.97 Å². The first-order valence-corrected chi connectivity index (χ1v) is 7.17. The van der Waals surface area contributed by atoms with Gasteiger partial charge < -0.3 is 20.4 Å². The van der Waals surface area contributed by atoms with E-state index in [1.165, 1.54) is 0 Å². The standard InChI is InChI=1S/C12H16N4O2S/c1-2-13-12-14-10(7-3-4-19-11(7)15-12)16-5-8(17)9(18)6-16/h3-4,8-9,17-18H,2,5-6H2,1H3,(H,13,14,15). The van der Waals surface area contributed by atoms with Crippen LogP contribution in [0, 0.1) is 0 Å². The summed E-state index contributed by atoms with van der Waals surface area (Å²) in [5, 5.41) is 25.4. The number of nitrogens with zero attached hydrogens (tertiary/aromatic N) is 3. The Morgan fingerprint density at radius 2 is 2.11 bits per heavy atom. The molecule has 0 amide bonds. The first-order valence-electron chi connectivity index (χ1n) is 6.29. The van der Waals surface area contributed by atoms with E-state index in [9.17, 15) is 10.2 Å². The van der Waals surface area contributed by atoms with Crippen LogP contribution in [0.1, 0.15) is 6.92 Å². The third kappa shape index (κ3) is 2.24. The lowest BCUT2D eigenvalue weighted by molar-refractivity contribution is 0.0572. The van der Waals surface area contributed by atoms with Crippen LogP contribution >= 0.6 is 11.3 Å². The van der Waals surface area contributed by atoms with Gasteiger partial charge in [-0.1, -0.05) is 0 Å². The summed E-state index contributed by atoms with van der Waals surface area (Å²) >= 11 is 1.56. The van der Waals surface area contributed by atoms with Crippen molar-refractivity contribution in [3.05, 3.63) is 11.4 Å². The Balaban J connectivity index is 2.03. The van der Waals surface area contributed by atoms with Crippen molar-refractivity contribution in [2.75, 3.05) is 29.9 Å². The molecule has 3 N–H and O–H groups in total. The van der Waals surface area contributed by atoms with E-state index in [0.717, 1.165) is 22.6 Å². The number of aliphatic hydroxyl groups is 2. The Hall–Kier alpha value is -1.44. The molecule has 6 nitrogen and oxygen atoms in total. The van der Waals surface area contributed by atoms with E-state index in [-0.39, 0.29) is 0 Å². The largest absolute Gasteiger partial charge is 0.389 e. The third-order valence-corrected chi connectivity index (χ3v) is 4.01. The topological polar surface area (TPSA) is 81.5 Å². The van der Waals surface area contributed by atoms with Crippen molar-refractivity contribution in [2.45, 2.75) is 19.1 Å². The molecular weight excluding hydrogens is 264 g/mol. The van der Waals surface area contributed by atoms with Crippen LogP contribution < -0.4 is 10.2 Å². The zero-order valence-corrected chi connectivity index (χ0v) is 11.4. The first kappa shape index (κ1) is 12.6. The molecule has 0 aliphatic carbocycles. The summed E-state index contributed by atoms with van der Waals surface area (Å²) in [4.78, 5) is 11.8. The lowest BCUT2D eigenvalue weighted by Crippen LogP contribution is -2.23. The van der Waals surface area contributed by atoms with Crippen LogP contribution in [0.4, 0.5) is 11.8 Å². The van der Waals surface area contributed by atoms with Crippen LogP contribution in [0.3, 0.4) is 0 Å². The molecule has 0 spiro atoms. The van der Waals surface area contributed by atoms with E-state index in [4.69, 9.17) is 0 Å². The van der Waals surface area contributed by atoms with Crippen molar-refractivity contribution in [2.24, 2.45) is 0 Å². The minimum atomic E-state index is -0.716. The molecule has 1 fully saturated rings. The molecule has 0 saturated carbocycles. The number of hydrogen-bond acceptors (Lipinski definition) is 7. The molecule has 2 unspecified atom stereocenters. The number of fused-ring (bicyclic) bond motifs is 1. The zero-order valence-electron chi connectivity index (χ0n) is 10.6. The van der Waals surface area contributed by atoms with E-state index in [1.54, 1.807) is 11.3 Å². The summed E-state index contributed by atoms with van der Waals surface area (Å²) in [5.74, 6) is 1.36. The fourth-order valence-corrected chi connectivity index (χ4v) is 3.02. The van der Waals surface area contributed by atoms with Gasteiger partial charge in [0.1, 0.15) is 10.6 Å². The molecule has 7 heteroatoms. The lowest BCUT2D eigenvalue weighted by atomic mass is 10.3. The first-order chi connectivity index (χ1) is 9.19. The number of aliphatic hydroxyl groups excluding tert-OH is 2. The summed E-state index contributed by atoms with van der Waals surface area (Å²) < 4.78 is 0. The van der Waals surface area contributed by atoms with Crippen LogP contribution in [0.2, 0.25) is 0 Å². The summed E-state index contributed by atoms with van der Waals surface area (Å²) in [6.45, 7) is 3.54. The van der Waals surface area contributed by atoms with Gasteiger partial charge in [-0.3, -0.25) is 0 Å². The maximum Gasteiger partial charge on any atom is 0.226 e. The molecule has 1 aliphatic heterocycles. The highest BCUT2D eigenvalue weighted by molar-refractivity contribution is 7.16. The second-order valence-electron chi connectivity index (χ2n) is 4.58. The van der Waals surface area contributed by atoms with Crippen molar-refractivity contribution < 1.29 is 10.2 Å². The van der Waals surface area contributed by atoms with E-state index in [2.05, 4.69) is 15.3 Å². The second-order valence-corrected chi connectivity index (χ2v) is 5.47. The fourth-order valence-electron chi connectivity index (χ4n) is 2.26. The van der Waals surface area contributed by atoms with Gasteiger partial charge in [0.05, 0.1) is 17.6 Å². The summed E-state index contributed by atoms with van der Waals surface area (Å²) in [7, 11) is 0. The minimum Gasteiger partial charge on any atom is -0.389 e. The Labute approximate surface area is 114 Å². The number of rotatable bonds is 3. The van der Waals surface area contributed by atoms with Crippen molar-refractivity contribution in [3.8, 4) is 0 Å². The number of hydrogen-bond donors (Lipinski definition) is 3. The average Bonchev–Trinajstić information content (AvgIpc) is 2.96. The van der Waals surface area contributed by atoms with Gasteiger partial charge in [-0.2, -0.15) is 4.98 Å². The molecule has 0 aromatic carbocycles. The fraction of sp³-hybridized carbons (Fsp3) is 0.500. The molecule has 0 bridgehead atoms. The molecule has 1 saturated heterocycles. The predicted octanol–water partition coefficient (Wildman–Crippen LogP) is 0.665. The zero-order chi connectivity index (χ0) is 13.4. The van der Waals surface area contributed by atoms with E-state index >= 15 is 0 Å². The van der Waals surface area contributed by atoms with Gasteiger partial charge in [-0.15, -0.1) is 11.3 Å². The molecule has 2 aromatic heterocycles. The highest BCUT2D eigenvalue weighted by Crippen LogP contribution is 2.31. The number of thiophene rings is 1. The average molecular weight is 280 g/mol. The van der Waals surface area contributed by atoms with E-state index < -0.39 is 12.2 Å². The maximum atomic E-state index is 9.68. The Bertz CT molecular complexity index is 578. The van der Waals surface area contributed by atoms with Crippen LogP contribution in [0.25, 0.3) is 10.2 Å². The van der Waals surface area contributed by atoms with Crippen molar-refractivity contribution in [1.29, 1.82) is 0 Å². The van der Waals surface area contributed by atoms with Gasteiger partial charge in [0, 0.05) is 19.6 Å². The van der Waals surface area contributed by atoms with Crippen LogP contribution in [0.5, 0.6) is 0 Å². The Morgan fingerprint density at radius 3 is 2.79 bits per heavy atom. The lowest BCUT2D eigenvalue weighted by Gasteiger charge is -2.18. The highest BCUT2D eigenvalue weighted by atomic mass is 32.1. The number of β-amino-alcohol motifs (C(OH)–C–C–N with tert-alkyl or cyclic N) is 2. The monoisotopic (exact) mass is 280 g/mol. The normalized spacial score (nSPS) is 23.2. The molecule has 2 atom stereocenters. The second kappa shape index (κ2) is 4.92. The summed E-state index contributed by atoms with van der Waals surface area (Å²) in [6.07, 6.45) is -1.43. The third-order valence-electron chi connectivity index (χ3n) is 3.20. The molecule has 3 rings (SSSR count). The van der Waals surface area contributed by atoms with Gasteiger partial charge in [0.2, 0.25) is 5.95 Å². The van der Waals surface area contributed by atoms with Gasteiger partial charge in [0.15, 0.2) is 0 Å². The number of anilines is 2. The Morgan fingerprint density at radius 1 is 1.37 bits per heavy atom. The molecule has 19 heavy (non-hydrogen) atoms. The predicted molar refractivity (Wildman–Crippen MR) is 75.8 cm³/mol. The van der Waals surface area contributed by atoms with Crippen LogP contribution in [-0.2, 0) is 0 Å². The van der Waals surface area contributed by atoms with Gasteiger partial charge in [-0.05, 0) is 18.4 Å². The van der Waals surface area contributed by atoms with E-state index in [0.29, 0.717) is 19.0 Å². The highest BCUT2D eigenvalue weighted by Gasteiger charge is 2.31. The van der Waals surface area contributed by atoms with Gasteiger partial charge in [-0.25, -0.2) is 4.98 Å². The molecule has 1 aliphatic rings. The minimum absolute atomic E-state index is 0.398. The quantitative estimate of drug-likeness (QED) is 0.766. The number of nitrogens with one attached hydrogen (secondary N) is 1. The smallest absolute Gasteiger partial charge is 0.226 e. The SMILES string of the molecule is CCNc1nc(N2CC(O)C(O)C2)c2ccsc2n1. The molecule has 102 valence electrons. The molecule has 2 aromatic rings.